The van der Waals surface area contributed by atoms with E-state index < -0.39 is 0 Å². The minimum atomic E-state index is -0.163. The van der Waals surface area contributed by atoms with Crippen LogP contribution < -0.4 is 5.32 Å². The van der Waals surface area contributed by atoms with E-state index in [1.165, 1.54) is 19.3 Å². The average Bonchev–Trinajstić information content (AvgIpc) is 2.84. The number of halogens is 1. The van der Waals surface area contributed by atoms with E-state index >= 15 is 0 Å². The molecule has 6 heteroatoms. The first-order valence-corrected chi connectivity index (χ1v) is 6.63. The standard InChI is InChI=1S/C10H14ClN3OS/c1-6-3-2-4-7(6)5-12-8(15)9-13-14-10(11)16-9/h6-7H,2-5H2,1H3,(H,12,15). The summed E-state index contributed by atoms with van der Waals surface area (Å²) in [5.41, 5.74) is 0. The Bertz CT molecular complexity index is 382. The molecule has 2 rings (SSSR count). The minimum Gasteiger partial charge on any atom is -0.350 e. The molecule has 0 radical (unpaired) electrons. The van der Waals surface area contributed by atoms with Crippen LogP contribution in [0.15, 0.2) is 0 Å². The van der Waals surface area contributed by atoms with E-state index in [-0.39, 0.29) is 5.91 Å². The molecule has 0 spiro atoms. The van der Waals surface area contributed by atoms with Crippen LogP contribution in [0.5, 0.6) is 0 Å². The molecule has 2 unspecified atom stereocenters. The van der Waals surface area contributed by atoms with Gasteiger partial charge < -0.3 is 5.32 Å². The van der Waals surface area contributed by atoms with E-state index in [2.05, 4.69) is 22.4 Å². The predicted octanol–water partition coefficient (Wildman–Crippen LogP) is 2.36. The number of hydrogen-bond acceptors (Lipinski definition) is 4. The molecule has 0 aromatic carbocycles. The van der Waals surface area contributed by atoms with Gasteiger partial charge in [0.25, 0.3) is 5.91 Å². The van der Waals surface area contributed by atoms with Gasteiger partial charge in [0.05, 0.1) is 0 Å². The normalized spacial score (nSPS) is 24.6. The zero-order valence-corrected chi connectivity index (χ0v) is 10.6. The molecule has 0 bridgehead atoms. The summed E-state index contributed by atoms with van der Waals surface area (Å²) < 4.78 is 0.305. The first-order valence-electron chi connectivity index (χ1n) is 5.44. The van der Waals surface area contributed by atoms with Crippen molar-refractivity contribution < 1.29 is 4.79 Å². The van der Waals surface area contributed by atoms with Crippen molar-refractivity contribution >= 4 is 28.8 Å². The van der Waals surface area contributed by atoms with Gasteiger partial charge in [-0.1, -0.05) is 31.1 Å². The van der Waals surface area contributed by atoms with Gasteiger partial charge in [0, 0.05) is 6.54 Å². The second-order valence-electron chi connectivity index (χ2n) is 4.24. The quantitative estimate of drug-likeness (QED) is 0.907. The Balaban J connectivity index is 1.84. The second kappa shape index (κ2) is 5.10. The molecule has 0 aliphatic heterocycles. The summed E-state index contributed by atoms with van der Waals surface area (Å²) in [6, 6.07) is 0. The summed E-state index contributed by atoms with van der Waals surface area (Å²) in [7, 11) is 0. The first kappa shape index (κ1) is 11.8. The molecule has 1 aromatic heterocycles. The van der Waals surface area contributed by atoms with Crippen molar-refractivity contribution in [2.45, 2.75) is 26.2 Å². The highest BCUT2D eigenvalue weighted by molar-refractivity contribution is 7.17. The number of nitrogens with one attached hydrogen (secondary N) is 1. The van der Waals surface area contributed by atoms with Gasteiger partial charge in [-0.05, 0) is 29.9 Å². The lowest BCUT2D eigenvalue weighted by Gasteiger charge is -2.14. The molecule has 1 amide bonds. The van der Waals surface area contributed by atoms with E-state index in [0.717, 1.165) is 17.9 Å². The average molecular weight is 260 g/mol. The van der Waals surface area contributed by atoms with Gasteiger partial charge in [-0.25, -0.2) is 0 Å². The topological polar surface area (TPSA) is 54.9 Å². The number of carbonyl (C=O) groups is 1. The van der Waals surface area contributed by atoms with Crippen molar-refractivity contribution in [3.05, 3.63) is 9.47 Å². The molecule has 1 aliphatic rings. The molecule has 4 nitrogen and oxygen atoms in total. The summed E-state index contributed by atoms with van der Waals surface area (Å²) in [5, 5.41) is 10.5. The maximum absolute atomic E-state index is 11.7. The van der Waals surface area contributed by atoms with Crippen molar-refractivity contribution in [1.82, 2.24) is 15.5 Å². The lowest BCUT2D eigenvalue weighted by molar-refractivity contribution is 0.0943. The number of hydrogen-bond donors (Lipinski definition) is 1. The van der Waals surface area contributed by atoms with Crippen LogP contribution in [-0.2, 0) is 0 Å². The van der Waals surface area contributed by atoms with Crippen LogP contribution in [0.25, 0.3) is 0 Å². The summed E-state index contributed by atoms with van der Waals surface area (Å²) in [6.07, 6.45) is 3.75. The lowest BCUT2D eigenvalue weighted by atomic mass is 9.98. The van der Waals surface area contributed by atoms with Crippen LogP contribution in [0.2, 0.25) is 4.47 Å². The maximum Gasteiger partial charge on any atom is 0.282 e. The molecule has 1 heterocycles. The fourth-order valence-electron chi connectivity index (χ4n) is 2.12. The maximum atomic E-state index is 11.7. The third-order valence-electron chi connectivity index (χ3n) is 3.16. The van der Waals surface area contributed by atoms with Gasteiger partial charge in [-0.15, -0.1) is 10.2 Å². The summed E-state index contributed by atoms with van der Waals surface area (Å²) in [5.74, 6) is 1.15. The van der Waals surface area contributed by atoms with Gasteiger partial charge >= 0.3 is 0 Å². The van der Waals surface area contributed by atoms with E-state index in [1.54, 1.807) is 0 Å². The van der Waals surface area contributed by atoms with Crippen LogP contribution in [-0.4, -0.2) is 22.6 Å². The fraction of sp³-hybridized carbons (Fsp3) is 0.700. The van der Waals surface area contributed by atoms with Crippen LogP contribution in [0.1, 0.15) is 36.0 Å². The number of aromatic nitrogens is 2. The molecule has 0 saturated heterocycles. The van der Waals surface area contributed by atoms with E-state index in [1.807, 2.05) is 0 Å². The largest absolute Gasteiger partial charge is 0.350 e. The Morgan fingerprint density at radius 1 is 1.56 bits per heavy atom. The fourth-order valence-corrected chi connectivity index (χ4v) is 2.87. The van der Waals surface area contributed by atoms with E-state index in [9.17, 15) is 4.79 Å². The van der Waals surface area contributed by atoms with E-state index in [4.69, 9.17) is 11.6 Å². The molecular formula is C10H14ClN3OS. The van der Waals surface area contributed by atoms with Crippen molar-refractivity contribution in [2.75, 3.05) is 6.54 Å². The minimum absolute atomic E-state index is 0.163. The Labute approximate surface area is 103 Å². The van der Waals surface area contributed by atoms with Crippen molar-refractivity contribution in [3.8, 4) is 0 Å². The zero-order chi connectivity index (χ0) is 11.5. The summed E-state index contributed by atoms with van der Waals surface area (Å²) in [6.45, 7) is 2.98. The molecule has 16 heavy (non-hydrogen) atoms. The van der Waals surface area contributed by atoms with Gasteiger partial charge in [0.1, 0.15) is 0 Å². The van der Waals surface area contributed by atoms with E-state index in [0.29, 0.717) is 21.3 Å². The van der Waals surface area contributed by atoms with Crippen LogP contribution in [0.4, 0.5) is 0 Å². The highest BCUT2D eigenvalue weighted by Gasteiger charge is 2.24. The van der Waals surface area contributed by atoms with Gasteiger partial charge in [-0.3, -0.25) is 4.79 Å². The van der Waals surface area contributed by atoms with Crippen molar-refractivity contribution in [1.29, 1.82) is 0 Å². The smallest absolute Gasteiger partial charge is 0.282 e. The molecular weight excluding hydrogens is 246 g/mol. The lowest BCUT2D eigenvalue weighted by Crippen LogP contribution is -2.30. The van der Waals surface area contributed by atoms with Crippen LogP contribution in [0.3, 0.4) is 0 Å². The number of rotatable bonds is 3. The zero-order valence-electron chi connectivity index (χ0n) is 9.07. The monoisotopic (exact) mass is 259 g/mol. The Morgan fingerprint density at radius 2 is 2.38 bits per heavy atom. The number of nitrogens with zero attached hydrogens (tertiary/aromatic N) is 2. The van der Waals surface area contributed by atoms with Crippen molar-refractivity contribution in [2.24, 2.45) is 11.8 Å². The molecule has 1 N–H and O–H groups in total. The number of amides is 1. The highest BCUT2D eigenvalue weighted by Crippen LogP contribution is 2.30. The van der Waals surface area contributed by atoms with Gasteiger partial charge in [0.15, 0.2) is 0 Å². The summed E-state index contributed by atoms with van der Waals surface area (Å²) >= 11 is 6.73. The Morgan fingerprint density at radius 3 is 2.94 bits per heavy atom. The molecule has 88 valence electrons. The van der Waals surface area contributed by atoms with Crippen LogP contribution >= 0.6 is 22.9 Å². The van der Waals surface area contributed by atoms with Crippen molar-refractivity contribution in [3.63, 3.8) is 0 Å². The third kappa shape index (κ3) is 2.71. The second-order valence-corrected chi connectivity index (χ2v) is 5.80. The SMILES string of the molecule is CC1CCCC1CNC(=O)c1nnc(Cl)s1. The molecule has 1 saturated carbocycles. The number of carbonyl (C=O) groups excluding carboxylic acids is 1. The Hall–Kier alpha value is -0.680. The third-order valence-corrected chi connectivity index (χ3v) is 4.18. The molecule has 1 aromatic rings. The molecule has 1 aliphatic carbocycles. The Kier molecular flexibility index (Phi) is 3.76. The van der Waals surface area contributed by atoms with Gasteiger partial charge in [0.2, 0.25) is 9.47 Å². The first-order chi connectivity index (χ1) is 7.66. The molecule has 1 fully saturated rings. The van der Waals surface area contributed by atoms with Crippen LogP contribution in [0, 0.1) is 11.8 Å². The summed E-state index contributed by atoms with van der Waals surface area (Å²) in [4.78, 5) is 11.7. The van der Waals surface area contributed by atoms with Gasteiger partial charge in [-0.2, -0.15) is 0 Å². The molecule has 2 atom stereocenters. The highest BCUT2D eigenvalue weighted by atomic mass is 35.5. The predicted molar refractivity (Wildman–Crippen MR) is 63.8 cm³/mol.